The molecule has 0 aliphatic carbocycles. The average molecular weight is 352 g/mol. The van der Waals surface area contributed by atoms with Crippen molar-refractivity contribution in [1.82, 2.24) is 14.0 Å². The molecule has 2 aromatic heterocycles. The van der Waals surface area contributed by atoms with Crippen molar-refractivity contribution in [2.24, 2.45) is 0 Å². The molecule has 0 spiro atoms. The number of rotatable bonds is 1. The lowest BCUT2D eigenvalue weighted by atomic mass is 10.1. The number of para-hydroxylation sites is 2. The van der Waals surface area contributed by atoms with E-state index < -0.39 is 16.4 Å². The van der Waals surface area contributed by atoms with Crippen molar-refractivity contribution in [3.05, 3.63) is 42.0 Å². The number of benzene rings is 2. The maximum absolute atomic E-state index is 13.3. The van der Waals surface area contributed by atoms with Crippen LogP contribution in [0, 0.1) is 0 Å². The fourth-order valence-electron chi connectivity index (χ4n) is 2.84. The molecule has 0 atom stereocenters. The Labute approximate surface area is 138 Å². The molecule has 0 amide bonds. The number of hydrogen-bond donors (Lipinski definition) is 1. The summed E-state index contributed by atoms with van der Waals surface area (Å²) in [6.45, 7) is 0. The van der Waals surface area contributed by atoms with Crippen molar-refractivity contribution in [2.45, 2.75) is 6.18 Å². The van der Waals surface area contributed by atoms with Crippen LogP contribution in [0.15, 0.2) is 36.4 Å². The number of alkyl halides is 3. The number of imidazole rings is 1. The summed E-state index contributed by atoms with van der Waals surface area (Å²) in [6, 6.07) is 9.41. The van der Waals surface area contributed by atoms with Crippen molar-refractivity contribution < 1.29 is 18.4 Å². The van der Waals surface area contributed by atoms with Gasteiger partial charge in [-0.15, -0.1) is 0 Å². The van der Waals surface area contributed by atoms with E-state index in [2.05, 4.69) is 4.98 Å². The van der Waals surface area contributed by atoms with E-state index in [0.29, 0.717) is 15.2 Å². The second-order valence-corrected chi connectivity index (χ2v) is 7.03. The molecule has 0 unspecified atom stereocenters. The van der Waals surface area contributed by atoms with Gasteiger partial charge in [-0.25, -0.2) is 10.2 Å². The molecule has 4 rings (SSSR count). The molecule has 24 heavy (non-hydrogen) atoms. The lowest BCUT2D eigenvalue weighted by Crippen LogP contribution is -2.36. The molecule has 4 nitrogen and oxygen atoms in total. The molecule has 0 bridgehead atoms. The van der Waals surface area contributed by atoms with E-state index in [1.54, 1.807) is 4.40 Å². The van der Waals surface area contributed by atoms with Gasteiger partial charge in [-0.2, -0.15) is 17.8 Å². The highest BCUT2D eigenvalue weighted by Crippen LogP contribution is 2.42. The van der Waals surface area contributed by atoms with Gasteiger partial charge in [-0.05, 0) is 18.2 Å². The van der Waals surface area contributed by atoms with E-state index >= 15 is 0 Å². The highest BCUT2D eigenvalue weighted by molar-refractivity contribution is 7.24. The minimum absolute atomic E-state index is 0.194. The van der Waals surface area contributed by atoms with Gasteiger partial charge in [0, 0.05) is 6.07 Å². The summed E-state index contributed by atoms with van der Waals surface area (Å²) in [7, 11) is 2.85. The fourth-order valence-corrected chi connectivity index (χ4v) is 4.09. The van der Waals surface area contributed by atoms with Gasteiger partial charge in [0.1, 0.15) is 18.8 Å². The predicted molar refractivity (Wildman–Crippen MR) is 88.5 cm³/mol. The highest BCUT2D eigenvalue weighted by Gasteiger charge is 2.35. The number of aromatic nitrogens is 2. The molecule has 2 aromatic carbocycles. The Balaban J connectivity index is 2.21. The zero-order valence-corrected chi connectivity index (χ0v) is 13.6. The number of thiazole rings is 1. The topological polar surface area (TPSA) is 37.5 Å². The van der Waals surface area contributed by atoms with Gasteiger partial charge in [0.05, 0.1) is 22.1 Å². The minimum Gasteiger partial charge on any atom is -0.283 e. The monoisotopic (exact) mass is 352 g/mol. The highest BCUT2D eigenvalue weighted by atomic mass is 32.1. The van der Waals surface area contributed by atoms with Crippen LogP contribution in [-0.2, 0) is 6.18 Å². The smallest absolute Gasteiger partial charge is 0.283 e. The number of hydroxylamine groups is 2. The summed E-state index contributed by atoms with van der Waals surface area (Å²) in [5.41, 5.74) is 1.27. The second-order valence-electron chi connectivity index (χ2n) is 6.06. The van der Waals surface area contributed by atoms with Crippen LogP contribution >= 0.6 is 11.3 Å². The van der Waals surface area contributed by atoms with Gasteiger partial charge in [-0.1, -0.05) is 23.5 Å². The second kappa shape index (κ2) is 4.69. The minimum atomic E-state index is -4.50. The van der Waals surface area contributed by atoms with E-state index in [9.17, 15) is 18.4 Å². The molecule has 8 heteroatoms. The summed E-state index contributed by atoms with van der Waals surface area (Å²) >= 11 is 1.27. The standard InChI is InChI=1S/C16H13F3N3OS/c1-22(2,23)13-8-9(16(17,18)19)7-12-14(13)24-15-20-10-5-3-4-6-11(10)21(12)15/h3-8,23H,1-2H3/q+1. The lowest BCUT2D eigenvalue weighted by molar-refractivity contribution is -0.137. The van der Waals surface area contributed by atoms with E-state index in [1.165, 1.54) is 25.4 Å². The molecule has 0 saturated carbocycles. The van der Waals surface area contributed by atoms with Crippen molar-refractivity contribution in [1.29, 1.82) is 0 Å². The van der Waals surface area contributed by atoms with Crippen LogP contribution < -0.4 is 4.65 Å². The summed E-state index contributed by atoms with van der Waals surface area (Å²) in [5.74, 6) is 0. The van der Waals surface area contributed by atoms with Crippen molar-refractivity contribution in [3.8, 4) is 0 Å². The van der Waals surface area contributed by atoms with Gasteiger partial charge in [0.15, 0.2) is 10.6 Å². The molecule has 4 aromatic rings. The van der Waals surface area contributed by atoms with Crippen LogP contribution in [0.2, 0.25) is 0 Å². The van der Waals surface area contributed by atoms with Crippen LogP contribution in [0.5, 0.6) is 0 Å². The molecular weight excluding hydrogens is 339 g/mol. The third-order valence-corrected chi connectivity index (χ3v) is 5.01. The number of halogens is 3. The summed E-state index contributed by atoms with van der Waals surface area (Å²) in [4.78, 5) is 5.08. The zero-order valence-electron chi connectivity index (χ0n) is 12.8. The Bertz CT molecular complexity index is 1090. The zero-order chi connectivity index (χ0) is 17.3. The fraction of sp³-hybridized carbons (Fsp3) is 0.188. The first kappa shape index (κ1) is 15.4. The molecule has 124 valence electrons. The third-order valence-electron chi connectivity index (χ3n) is 3.93. The Morgan fingerprint density at radius 1 is 1.12 bits per heavy atom. The van der Waals surface area contributed by atoms with E-state index in [1.807, 2.05) is 24.3 Å². The van der Waals surface area contributed by atoms with Crippen molar-refractivity contribution in [2.75, 3.05) is 14.1 Å². The van der Waals surface area contributed by atoms with Crippen molar-refractivity contribution >= 4 is 43.2 Å². The molecular formula is C16H13F3N3OS+. The molecule has 0 aliphatic heterocycles. The largest absolute Gasteiger partial charge is 0.416 e. The van der Waals surface area contributed by atoms with Crippen LogP contribution in [-0.4, -0.2) is 28.7 Å². The summed E-state index contributed by atoms with van der Waals surface area (Å²) in [5, 5.41) is 10.3. The Morgan fingerprint density at radius 2 is 1.83 bits per heavy atom. The van der Waals surface area contributed by atoms with Gasteiger partial charge >= 0.3 is 6.18 Å². The van der Waals surface area contributed by atoms with Gasteiger partial charge in [0.2, 0.25) is 0 Å². The number of fused-ring (bicyclic) bond motifs is 5. The predicted octanol–water partition coefficient (Wildman–Crippen LogP) is 4.68. The van der Waals surface area contributed by atoms with E-state index in [0.717, 1.165) is 23.2 Å². The van der Waals surface area contributed by atoms with Gasteiger partial charge < -0.3 is 0 Å². The first-order valence-electron chi connectivity index (χ1n) is 7.14. The maximum Gasteiger partial charge on any atom is 0.416 e. The lowest BCUT2D eigenvalue weighted by Gasteiger charge is -2.20. The van der Waals surface area contributed by atoms with E-state index in [-0.39, 0.29) is 5.69 Å². The van der Waals surface area contributed by atoms with Crippen LogP contribution in [0.3, 0.4) is 0 Å². The average Bonchev–Trinajstić information content (AvgIpc) is 2.99. The molecule has 0 saturated heterocycles. The SMILES string of the molecule is C[N+](C)(O)c1cc(C(F)(F)F)cc2c1sc1nc3ccccc3n12. The number of hydrogen-bond acceptors (Lipinski definition) is 3. The van der Waals surface area contributed by atoms with Crippen molar-refractivity contribution in [3.63, 3.8) is 0 Å². The van der Waals surface area contributed by atoms with E-state index in [4.69, 9.17) is 0 Å². The number of quaternary nitrogens is 1. The maximum atomic E-state index is 13.3. The molecule has 0 aliphatic rings. The van der Waals surface area contributed by atoms with Crippen LogP contribution in [0.4, 0.5) is 18.9 Å². The molecule has 0 fully saturated rings. The molecule has 0 radical (unpaired) electrons. The van der Waals surface area contributed by atoms with Crippen LogP contribution in [0.25, 0.3) is 26.2 Å². The normalized spacial score (nSPS) is 13.4. The van der Waals surface area contributed by atoms with Gasteiger partial charge in [-0.3, -0.25) is 4.40 Å². The Morgan fingerprint density at radius 3 is 2.50 bits per heavy atom. The molecule has 2 heterocycles. The third kappa shape index (κ3) is 2.18. The van der Waals surface area contributed by atoms with Gasteiger partial charge in [0.25, 0.3) is 0 Å². The first-order chi connectivity index (χ1) is 11.2. The summed E-state index contributed by atoms with van der Waals surface area (Å²) in [6.07, 6.45) is -4.50. The Hall–Kier alpha value is -2.16. The quantitative estimate of drug-likeness (QED) is 0.399. The first-order valence-corrected chi connectivity index (χ1v) is 7.96. The number of nitrogens with zero attached hydrogens (tertiary/aromatic N) is 3. The van der Waals surface area contributed by atoms with Crippen LogP contribution in [0.1, 0.15) is 5.56 Å². The Kier molecular flexibility index (Phi) is 3.00. The summed E-state index contributed by atoms with van der Waals surface area (Å²) < 4.78 is 41.6. The molecule has 1 N–H and O–H groups in total.